The first-order valence-electron chi connectivity index (χ1n) is 6.54. The Morgan fingerprint density at radius 3 is 2.89 bits per heavy atom. The molecule has 3 rings (SSSR count). The summed E-state index contributed by atoms with van der Waals surface area (Å²) >= 11 is 1.63. The highest BCUT2D eigenvalue weighted by molar-refractivity contribution is 7.15. The van der Waals surface area contributed by atoms with E-state index >= 15 is 0 Å². The summed E-state index contributed by atoms with van der Waals surface area (Å²) in [5.74, 6) is 2.25. The number of nitrogens with one attached hydrogen (secondary N) is 2. The minimum Gasteiger partial charge on any atom is -0.317 e. The van der Waals surface area contributed by atoms with E-state index in [1.165, 1.54) is 4.88 Å². The fourth-order valence-corrected chi connectivity index (χ4v) is 2.91. The predicted molar refractivity (Wildman–Crippen MR) is 77.0 cm³/mol. The van der Waals surface area contributed by atoms with Gasteiger partial charge in [-0.15, -0.1) is 11.3 Å². The van der Waals surface area contributed by atoms with Gasteiger partial charge in [0.25, 0.3) is 0 Å². The molecular formula is C13H17N5S. The lowest BCUT2D eigenvalue weighted by Crippen LogP contribution is -2.27. The Bertz CT molecular complexity index is 547. The Morgan fingerprint density at radius 1 is 1.32 bits per heavy atom. The highest BCUT2D eigenvalue weighted by Crippen LogP contribution is 2.24. The molecular weight excluding hydrogens is 258 g/mol. The molecule has 0 aliphatic carbocycles. The Kier molecular flexibility index (Phi) is 3.70. The van der Waals surface area contributed by atoms with Crippen molar-refractivity contribution in [2.75, 3.05) is 18.4 Å². The van der Waals surface area contributed by atoms with Gasteiger partial charge in [-0.3, -0.25) is 0 Å². The van der Waals surface area contributed by atoms with Crippen LogP contribution >= 0.6 is 11.3 Å². The maximum atomic E-state index is 4.62. The minimum atomic E-state index is 0.473. The second-order valence-corrected chi connectivity index (χ2v) is 5.96. The fraction of sp³-hybridized carbons (Fsp3) is 0.462. The van der Waals surface area contributed by atoms with E-state index in [2.05, 4.69) is 25.6 Å². The average Bonchev–Trinajstić information content (AvgIpc) is 2.85. The van der Waals surface area contributed by atoms with E-state index in [0.717, 1.165) is 42.7 Å². The van der Waals surface area contributed by atoms with Crippen molar-refractivity contribution in [3.8, 4) is 0 Å². The van der Waals surface area contributed by atoms with Crippen molar-refractivity contribution >= 4 is 22.3 Å². The lowest BCUT2D eigenvalue weighted by atomic mass is 9.97. The van der Waals surface area contributed by atoms with Gasteiger partial charge in [0.15, 0.2) is 5.13 Å². The van der Waals surface area contributed by atoms with Crippen LogP contribution in [0.15, 0.2) is 18.5 Å². The third-order valence-electron chi connectivity index (χ3n) is 3.23. The molecule has 3 heterocycles. The Hall–Kier alpha value is -1.53. The summed E-state index contributed by atoms with van der Waals surface area (Å²) in [6.45, 7) is 4.15. The molecule has 0 spiro atoms. The quantitative estimate of drug-likeness (QED) is 0.901. The van der Waals surface area contributed by atoms with Crippen LogP contribution in [0, 0.1) is 6.92 Å². The number of thiazole rings is 1. The van der Waals surface area contributed by atoms with Crippen LogP contribution in [0.5, 0.6) is 0 Å². The first-order chi connectivity index (χ1) is 9.31. The molecule has 19 heavy (non-hydrogen) atoms. The summed E-state index contributed by atoms with van der Waals surface area (Å²) in [6.07, 6.45) is 5.91. The molecule has 1 aliphatic rings. The van der Waals surface area contributed by atoms with Crippen LogP contribution in [0.2, 0.25) is 0 Å². The summed E-state index contributed by atoms with van der Waals surface area (Å²) < 4.78 is 0. The molecule has 2 aromatic rings. The largest absolute Gasteiger partial charge is 0.317 e. The molecule has 100 valence electrons. The van der Waals surface area contributed by atoms with Crippen LogP contribution in [0.3, 0.4) is 0 Å². The molecule has 1 saturated heterocycles. The second kappa shape index (κ2) is 5.63. The number of hydrogen-bond donors (Lipinski definition) is 2. The van der Waals surface area contributed by atoms with E-state index in [-0.39, 0.29) is 0 Å². The fourth-order valence-electron chi connectivity index (χ4n) is 2.24. The molecule has 0 unspecified atom stereocenters. The third-order valence-corrected chi connectivity index (χ3v) is 4.06. The molecule has 0 amide bonds. The number of anilines is 2. The zero-order chi connectivity index (χ0) is 13.1. The predicted octanol–water partition coefficient (Wildman–Crippen LogP) is 2.45. The summed E-state index contributed by atoms with van der Waals surface area (Å²) in [6, 6.07) is 1.89. The topological polar surface area (TPSA) is 62.7 Å². The first kappa shape index (κ1) is 12.5. The van der Waals surface area contributed by atoms with E-state index in [1.807, 2.05) is 25.4 Å². The van der Waals surface area contributed by atoms with Crippen LogP contribution in [0.25, 0.3) is 0 Å². The standard InChI is InChI=1S/C13H17N5S/c1-9-8-16-13(19-9)18-11-4-7-15-12(17-11)10-2-5-14-6-3-10/h4,7-8,10,14H,2-3,5-6H2,1H3,(H,15,16,17,18). The summed E-state index contributed by atoms with van der Waals surface area (Å²) in [4.78, 5) is 14.5. The molecule has 1 aliphatic heterocycles. The van der Waals surface area contributed by atoms with Crippen molar-refractivity contribution in [3.05, 3.63) is 29.2 Å². The number of piperidine rings is 1. The molecule has 0 bridgehead atoms. The number of aromatic nitrogens is 3. The molecule has 1 fully saturated rings. The van der Waals surface area contributed by atoms with Crippen molar-refractivity contribution in [2.24, 2.45) is 0 Å². The van der Waals surface area contributed by atoms with E-state index in [1.54, 1.807) is 11.3 Å². The van der Waals surface area contributed by atoms with E-state index in [4.69, 9.17) is 0 Å². The summed E-state index contributed by atoms with van der Waals surface area (Å²) in [5.41, 5.74) is 0. The lowest BCUT2D eigenvalue weighted by molar-refractivity contribution is 0.445. The zero-order valence-corrected chi connectivity index (χ0v) is 11.7. The van der Waals surface area contributed by atoms with Gasteiger partial charge >= 0.3 is 0 Å². The molecule has 2 N–H and O–H groups in total. The third kappa shape index (κ3) is 3.08. The van der Waals surface area contributed by atoms with Gasteiger partial charge < -0.3 is 10.6 Å². The zero-order valence-electron chi connectivity index (χ0n) is 10.9. The smallest absolute Gasteiger partial charge is 0.188 e. The van der Waals surface area contributed by atoms with Crippen LogP contribution < -0.4 is 10.6 Å². The molecule has 5 nitrogen and oxygen atoms in total. The lowest BCUT2D eigenvalue weighted by Gasteiger charge is -2.21. The van der Waals surface area contributed by atoms with E-state index < -0.39 is 0 Å². The highest BCUT2D eigenvalue weighted by atomic mass is 32.1. The molecule has 6 heteroatoms. The van der Waals surface area contributed by atoms with Gasteiger partial charge in [0, 0.05) is 23.2 Å². The SMILES string of the molecule is Cc1cnc(Nc2ccnc(C3CCNCC3)n2)s1. The van der Waals surface area contributed by atoms with Crippen molar-refractivity contribution in [1.29, 1.82) is 0 Å². The van der Waals surface area contributed by atoms with Crippen LogP contribution in [0.1, 0.15) is 29.5 Å². The maximum absolute atomic E-state index is 4.62. The highest BCUT2D eigenvalue weighted by Gasteiger charge is 2.18. The van der Waals surface area contributed by atoms with Gasteiger partial charge in [0.1, 0.15) is 11.6 Å². The van der Waals surface area contributed by atoms with E-state index in [9.17, 15) is 0 Å². The minimum absolute atomic E-state index is 0.473. The summed E-state index contributed by atoms with van der Waals surface area (Å²) in [7, 11) is 0. The van der Waals surface area contributed by atoms with Crippen molar-refractivity contribution < 1.29 is 0 Å². The molecule has 0 saturated carbocycles. The van der Waals surface area contributed by atoms with Crippen molar-refractivity contribution in [2.45, 2.75) is 25.7 Å². The van der Waals surface area contributed by atoms with Gasteiger partial charge in [-0.2, -0.15) is 0 Å². The van der Waals surface area contributed by atoms with Gasteiger partial charge in [0.2, 0.25) is 0 Å². The number of nitrogens with zero attached hydrogens (tertiary/aromatic N) is 3. The van der Waals surface area contributed by atoms with Gasteiger partial charge in [-0.25, -0.2) is 15.0 Å². The van der Waals surface area contributed by atoms with Gasteiger partial charge in [-0.05, 0) is 38.9 Å². The molecule has 2 aromatic heterocycles. The Morgan fingerprint density at radius 2 is 2.16 bits per heavy atom. The van der Waals surface area contributed by atoms with Crippen LogP contribution in [-0.4, -0.2) is 28.0 Å². The second-order valence-electron chi connectivity index (χ2n) is 4.73. The average molecular weight is 275 g/mol. The molecule has 0 aromatic carbocycles. The van der Waals surface area contributed by atoms with Gasteiger partial charge in [-0.1, -0.05) is 0 Å². The number of hydrogen-bond acceptors (Lipinski definition) is 6. The van der Waals surface area contributed by atoms with E-state index in [0.29, 0.717) is 5.92 Å². The number of aryl methyl sites for hydroxylation is 1. The van der Waals surface area contributed by atoms with Crippen molar-refractivity contribution in [3.63, 3.8) is 0 Å². The normalized spacial score (nSPS) is 16.5. The Labute approximate surface area is 116 Å². The first-order valence-corrected chi connectivity index (χ1v) is 7.36. The summed E-state index contributed by atoms with van der Waals surface area (Å²) in [5, 5.41) is 7.49. The number of rotatable bonds is 3. The van der Waals surface area contributed by atoms with Gasteiger partial charge in [0.05, 0.1) is 0 Å². The maximum Gasteiger partial charge on any atom is 0.188 e. The van der Waals surface area contributed by atoms with Crippen LogP contribution in [0.4, 0.5) is 10.9 Å². The Balaban J connectivity index is 1.75. The monoisotopic (exact) mass is 275 g/mol. The van der Waals surface area contributed by atoms with Crippen molar-refractivity contribution in [1.82, 2.24) is 20.3 Å². The molecule has 0 radical (unpaired) electrons. The molecule has 0 atom stereocenters. The van der Waals surface area contributed by atoms with Crippen LogP contribution in [-0.2, 0) is 0 Å².